The van der Waals surface area contributed by atoms with Crippen molar-refractivity contribution in [1.82, 2.24) is 29.9 Å². The number of aromatic nitrogens is 6. The molecule has 0 spiro atoms. The Kier molecular flexibility index (Phi) is 6.82. The van der Waals surface area contributed by atoms with Gasteiger partial charge in [0.15, 0.2) is 11.6 Å². The number of imidazole rings is 2. The number of ether oxygens (including phenoxy) is 4. The largest absolute Gasteiger partial charge is 0.501 e. The molecule has 4 aromatic heterocycles. The third kappa shape index (κ3) is 5.40. The minimum absolute atomic E-state index is 0.506. The average molecular weight is 525 g/mol. The number of allylic oxidation sites excluding steroid dienone is 1. The number of aryl methyl sites for hydroxylation is 1. The summed E-state index contributed by atoms with van der Waals surface area (Å²) < 4.78 is 22.3. The summed E-state index contributed by atoms with van der Waals surface area (Å²) in [6, 6.07) is 13.3. The molecule has 5 aromatic rings. The fraction of sp³-hybridized carbons (Fsp3) is 0.241. The highest BCUT2D eigenvalue weighted by Crippen LogP contribution is 2.26. The smallest absolute Gasteiger partial charge is 0.157 e. The summed E-state index contributed by atoms with van der Waals surface area (Å²) in [6.07, 6.45) is 7.85. The summed E-state index contributed by atoms with van der Waals surface area (Å²) >= 11 is 0. The third-order valence-corrected chi connectivity index (χ3v) is 6.47. The van der Waals surface area contributed by atoms with Crippen molar-refractivity contribution in [3.05, 3.63) is 72.0 Å². The maximum atomic E-state index is 5.83. The second-order valence-electron chi connectivity index (χ2n) is 9.04. The van der Waals surface area contributed by atoms with E-state index in [2.05, 4.69) is 29.9 Å². The molecule has 39 heavy (non-hydrogen) atoms. The molecule has 198 valence electrons. The molecular weight excluding hydrogens is 496 g/mol. The van der Waals surface area contributed by atoms with E-state index >= 15 is 0 Å². The Balaban J connectivity index is 0.970. The lowest BCUT2D eigenvalue weighted by Crippen LogP contribution is -2.05. The summed E-state index contributed by atoms with van der Waals surface area (Å²) in [7, 11) is 3.33. The molecule has 0 unspecified atom stereocenters. The molecule has 0 bridgehead atoms. The van der Waals surface area contributed by atoms with Gasteiger partial charge in [-0.05, 0) is 42.8 Å². The number of nitrogens with zero attached hydrogens (tertiary/aromatic N) is 4. The molecular formula is C29H28N6O4. The van der Waals surface area contributed by atoms with E-state index in [-0.39, 0.29) is 0 Å². The summed E-state index contributed by atoms with van der Waals surface area (Å²) in [5.41, 5.74) is 5.28. The molecule has 4 heterocycles. The van der Waals surface area contributed by atoms with Gasteiger partial charge in [-0.2, -0.15) is 0 Å². The fourth-order valence-electron chi connectivity index (χ4n) is 4.38. The Bertz CT molecular complexity index is 1610. The molecule has 1 aliphatic carbocycles. The van der Waals surface area contributed by atoms with Crippen molar-refractivity contribution in [2.24, 2.45) is 0 Å². The number of pyridine rings is 2. The van der Waals surface area contributed by atoms with E-state index in [0.29, 0.717) is 37.0 Å². The van der Waals surface area contributed by atoms with Crippen LogP contribution < -0.4 is 14.2 Å². The first-order chi connectivity index (χ1) is 19.2. The van der Waals surface area contributed by atoms with Crippen LogP contribution in [0, 0.1) is 0 Å². The lowest BCUT2D eigenvalue weighted by Gasteiger charge is -2.10. The number of hydrogen-bond acceptors (Lipinski definition) is 8. The van der Waals surface area contributed by atoms with Gasteiger partial charge in [-0.3, -0.25) is 0 Å². The van der Waals surface area contributed by atoms with Crippen LogP contribution in [0.4, 0.5) is 0 Å². The zero-order valence-corrected chi connectivity index (χ0v) is 21.7. The van der Waals surface area contributed by atoms with Crippen molar-refractivity contribution in [1.29, 1.82) is 0 Å². The predicted octanol–water partition coefficient (Wildman–Crippen LogP) is 5.20. The number of H-pyrrole nitrogens is 2. The lowest BCUT2D eigenvalue weighted by atomic mass is 10.1. The van der Waals surface area contributed by atoms with Gasteiger partial charge < -0.3 is 28.9 Å². The SMILES string of the molecule is COC1=Cc2nc(-c3ccc(OCCCOc4ccc(-c5nc6ccc(OC)cc6[nH]5)nc4)cn3)[nH]c2CC1. The molecule has 0 fully saturated rings. The zero-order chi connectivity index (χ0) is 26.6. The molecule has 10 nitrogen and oxygen atoms in total. The molecule has 1 aromatic carbocycles. The Labute approximate surface area is 225 Å². The number of rotatable bonds is 10. The molecule has 0 atom stereocenters. The van der Waals surface area contributed by atoms with Crippen molar-refractivity contribution < 1.29 is 18.9 Å². The number of nitrogens with one attached hydrogen (secondary N) is 2. The van der Waals surface area contributed by atoms with E-state index in [1.807, 2.05) is 48.5 Å². The van der Waals surface area contributed by atoms with Crippen LogP contribution in [0.3, 0.4) is 0 Å². The maximum absolute atomic E-state index is 5.83. The highest BCUT2D eigenvalue weighted by molar-refractivity contribution is 5.80. The van der Waals surface area contributed by atoms with E-state index < -0.39 is 0 Å². The lowest BCUT2D eigenvalue weighted by molar-refractivity contribution is 0.246. The average Bonchev–Trinajstić information content (AvgIpc) is 3.61. The van der Waals surface area contributed by atoms with Gasteiger partial charge in [-0.15, -0.1) is 0 Å². The Morgan fingerprint density at radius 2 is 1.44 bits per heavy atom. The van der Waals surface area contributed by atoms with Crippen molar-refractivity contribution in [3.8, 4) is 40.3 Å². The fourth-order valence-corrected chi connectivity index (χ4v) is 4.38. The van der Waals surface area contributed by atoms with Crippen molar-refractivity contribution in [3.63, 3.8) is 0 Å². The van der Waals surface area contributed by atoms with E-state index in [1.165, 1.54) is 0 Å². The van der Waals surface area contributed by atoms with Gasteiger partial charge in [0.25, 0.3) is 0 Å². The van der Waals surface area contributed by atoms with Crippen LogP contribution >= 0.6 is 0 Å². The Hall–Kier alpha value is -4.86. The van der Waals surface area contributed by atoms with Crippen LogP contribution in [-0.2, 0) is 11.2 Å². The number of fused-ring (bicyclic) bond motifs is 2. The number of benzene rings is 1. The standard InChI is InChI=1S/C29H28N6O4/c1-36-18-4-8-22-26(14-18)34-28(32-22)24-10-6-20(16-30-24)38-12-3-13-39-21-7-11-25(31-17-21)29-33-23-9-5-19(37-2)15-27(23)35-29/h4,6-8,10-11,14-17H,3,5,9,12-13H2,1-2H3,(H,32,34)(H,33,35). The van der Waals surface area contributed by atoms with Crippen LogP contribution in [-0.4, -0.2) is 57.3 Å². The first-order valence-electron chi connectivity index (χ1n) is 12.7. The summed E-state index contributed by atoms with van der Waals surface area (Å²) in [5.74, 6) is 4.55. The van der Waals surface area contributed by atoms with Gasteiger partial charge in [-0.1, -0.05) is 0 Å². The van der Waals surface area contributed by atoms with Crippen molar-refractivity contribution >= 4 is 17.1 Å². The highest BCUT2D eigenvalue weighted by atomic mass is 16.5. The number of methoxy groups -OCH3 is 2. The van der Waals surface area contributed by atoms with E-state index in [0.717, 1.165) is 64.0 Å². The Morgan fingerprint density at radius 1 is 0.744 bits per heavy atom. The van der Waals surface area contributed by atoms with Gasteiger partial charge >= 0.3 is 0 Å². The highest BCUT2D eigenvalue weighted by Gasteiger charge is 2.17. The van der Waals surface area contributed by atoms with Crippen LogP contribution in [0.5, 0.6) is 17.2 Å². The normalized spacial score (nSPS) is 12.6. The molecule has 0 amide bonds. The van der Waals surface area contributed by atoms with Gasteiger partial charge in [-0.25, -0.2) is 19.9 Å². The molecule has 2 N–H and O–H groups in total. The van der Waals surface area contributed by atoms with Crippen molar-refractivity contribution in [2.75, 3.05) is 27.4 Å². The molecule has 0 radical (unpaired) electrons. The first kappa shape index (κ1) is 24.5. The summed E-state index contributed by atoms with van der Waals surface area (Å²) in [5, 5.41) is 0. The quantitative estimate of drug-likeness (QED) is 0.239. The first-order valence-corrected chi connectivity index (χ1v) is 12.7. The number of aromatic amines is 2. The van der Waals surface area contributed by atoms with Crippen molar-refractivity contribution in [2.45, 2.75) is 19.3 Å². The molecule has 0 aliphatic heterocycles. The molecule has 0 saturated carbocycles. The Morgan fingerprint density at radius 3 is 2.08 bits per heavy atom. The van der Waals surface area contributed by atoms with Crippen LogP contribution in [0.1, 0.15) is 24.2 Å². The molecule has 1 aliphatic rings. The van der Waals surface area contributed by atoms with Gasteiger partial charge in [0, 0.05) is 30.7 Å². The van der Waals surface area contributed by atoms with Crippen LogP contribution in [0.2, 0.25) is 0 Å². The third-order valence-electron chi connectivity index (χ3n) is 6.47. The molecule has 10 heteroatoms. The van der Waals surface area contributed by atoms with E-state index in [1.54, 1.807) is 26.6 Å². The summed E-state index contributed by atoms with van der Waals surface area (Å²) in [4.78, 5) is 24.9. The zero-order valence-electron chi connectivity index (χ0n) is 21.7. The second-order valence-corrected chi connectivity index (χ2v) is 9.04. The minimum atomic E-state index is 0.506. The van der Waals surface area contributed by atoms with Gasteiger partial charge in [0.2, 0.25) is 0 Å². The van der Waals surface area contributed by atoms with Crippen LogP contribution in [0.15, 0.2) is 60.6 Å². The van der Waals surface area contributed by atoms with Gasteiger partial charge in [0.1, 0.15) is 28.6 Å². The monoisotopic (exact) mass is 524 g/mol. The minimum Gasteiger partial charge on any atom is -0.501 e. The maximum Gasteiger partial charge on any atom is 0.157 e. The molecule has 6 rings (SSSR count). The predicted molar refractivity (Wildman–Crippen MR) is 147 cm³/mol. The van der Waals surface area contributed by atoms with Crippen LogP contribution in [0.25, 0.3) is 40.1 Å². The molecule has 0 saturated heterocycles. The topological polar surface area (TPSA) is 120 Å². The van der Waals surface area contributed by atoms with Gasteiger partial charge in [0.05, 0.1) is 62.3 Å². The van der Waals surface area contributed by atoms with E-state index in [9.17, 15) is 0 Å². The summed E-state index contributed by atoms with van der Waals surface area (Å²) in [6.45, 7) is 1.01. The second kappa shape index (κ2) is 10.9. The van der Waals surface area contributed by atoms with E-state index in [4.69, 9.17) is 18.9 Å². The number of hydrogen-bond donors (Lipinski definition) is 2.